The number of fused-ring (bicyclic) bond motifs is 2. The fourth-order valence-corrected chi connectivity index (χ4v) is 5.23. The number of rotatable bonds is 4. The number of hydrogen-bond donors (Lipinski definition) is 1. The molecule has 4 nitrogen and oxygen atoms in total. The van der Waals surface area contributed by atoms with Gasteiger partial charge in [-0.3, -0.25) is 4.98 Å². The van der Waals surface area contributed by atoms with Gasteiger partial charge in [-0.25, -0.2) is 4.98 Å². The number of benzene rings is 5. The molecule has 0 fully saturated rings. The third-order valence-corrected chi connectivity index (χ3v) is 7.11. The fraction of sp³-hybridized carbons (Fsp3) is 0.0286. The number of oxazole rings is 1. The number of para-hydroxylation sites is 2. The first-order chi connectivity index (χ1) is 19.2. The molecule has 0 amide bonds. The van der Waals surface area contributed by atoms with E-state index in [9.17, 15) is 5.11 Å². The van der Waals surface area contributed by atoms with Gasteiger partial charge in [0.15, 0.2) is 0 Å². The van der Waals surface area contributed by atoms with Crippen LogP contribution in [0.15, 0.2) is 120 Å². The van der Waals surface area contributed by atoms with Gasteiger partial charge in [0.2, 0.25) is 5.89 Å². The maximum atomic E-state index is 10.3. The van der Waals surface area contributed by atoms with Crippen LogP contribution in [0.25, 0.3) is 66.8 Å². The van der Waals surface area contributed by atoms with Crippen molar-refractivity contribution in [3.8, 4) is 50.6 Å². The largest absolute Gasteiger partial charge is 0.507 e. The topological polar surface area (TPSA) is 59.2 Å². The smallest absolute Gasteiger partial charge is 0.230 e. The first-order valence-electron chi connectivity index (χ1n) is 12.8. The molecule has 0 saturated carbocycles. The first-order valence-corrected chi connectivity index (χ1v) is 12.8. The second-order valence-electron chi connectivity index (χ2n) is 9.54. The summed E-state index contributed by atoms with van der Waals surface area (Å²) < 4.78 is 6.04. The minimum Gasteiger partial charge on any atom is -0.507 e. The molecule has 0 radical (unpaired) electrons. The summed E-state index contributed by atoms with van der Waals surface area (Å²) in [4.78, 5) is 9.60. The monoisotopic (exact) mass is 698 g/mol. The predicted molar refractivity (Wildman–Crippen MR) is 156 cm³/mol. The third kappa shape index (κ3) is 4.41. The zero-order chi connectivity index (χ0) is 26.3. The summed E-state index contributed by atoms with van der Waals surface area (Å²) in [6.07, 6.45) is 1.88. The first kappa shape index (κ1) is 25.7. The van der Waals surface area contributed by atoms with Crippen LogP contribution in [-0.2, 0) is 21.1 Å². The van der Waals surface area contributed by atoms with Crippen LogP contribution in [0.1, 0.15) is 5.56 Å². The average Bonchev–Trinajstić information content (AvgIpc) is 3.42. The van der Waals surface area contributed by atoms with E-state index in [0.29, 0.717) is 17.0 Å². The Bertz CT molecular complexity index is 2000. The number of phenolic OH excluding ortho intramolecular Hbond substituents is 1. The Balaban J connectivity index is 0.00000289. The fourth-order valence-electron chi connectivity index (χ4n) is 5.23. The number of pyridine rings is 1. The summed E-state index contributed by atoms with van der Waals surface area (Å²) in [6.45, 7) is 2.13. The van der Waals surface area contributed by atoms with Crippen molar-refractivity contribution in [3.05, 3.63) is 127 Å². The van der Waals surface area contributed by atoms with Crippen molar-refractivity contribution in [3.63, 3.8) is 0 Å². The van der Waals surface area contributed by atoms with Gasteiger partial charge < -0.3 is 9.52 Å². The van der Waals surface area contributed by atoms with Crippen LogP contribution in [0.2, 0.25) is 0 Å². The Kier molecular flexibility index (Phi) is 6.79. The summed E-state index contributed by atoms with van der Waals surface area (Å²) in [5.74, 6) is 0.515. The minimum atomic E-state index is 0. The number of aromatic hydroxyl groups is 1. The van der Waals surface area contributed by atoms with Gasteiger partial charge in [0, 0.05) is 38.2 Å². The number of nitrogens with zero attached hydrogens (tertiary/aromatic N) is 2. The zero-order valence-electron chi connectivity index (χ0n) is 21.5. The van der Waals surface area contributed by atoms with E-state index in [2.05, 4.69) is 61.5 Å². The summed E-state index contributed by atoms with van der Waals surface area (Å²) in [6, 6.07) is 39.5. The van der Waals surface area contributed by atoms with Gasteiger partial charge in [-0.05, 0) is 47.9 Å². The van der Waals surface area contributed by atoms with E-state index >= 15 is 0 Å². The van der Waals surface area contributed by atoms with Crippen molar-refractivity contribution in [2.24, 2.45) is 0 Å². The molecule has 0 unspecified atom stereocenters. The third-order valence-electron chi connectivity index (χ3n) is 7.11. The van der Waals surface area contributed by atoms with Crippen molar-refractivity contribution >= 4 is 22.0 Å². The van der Waals surface area contributed by atoms with E-state index in [0.717, 1.165) is 38.7 Å². The molecular formula is C35H23N2O2Pt-. The Morgan fingerprint density at radius 3 is 2.15 bits per heavy atom. The van der Waals surface area contributed by atoms with E-state index in [4.69, 9.17) is 14.4 Å². The number of aromatic nitrogens is 2. The molecule has 2 heterocycles. The molecule has 0 atom stereocenters. The molecule has 0 aliphatic carbocycles. The molecule has 7 rings (SSSR count). The van der Waals surface area contributed by atoms with Gasteiger partial charge in [-0.2, -0.15) is 0 Å². The molecule has 196 valence electrons. The van der Waals surface area contributed by atoms with Crippen LogP contribution in [0.4, 0.5) is 0 Å². The van der Waals surface area contributed by atoms with Crippen LogP contribution in [0, 0.1) is 13.0 Å². The van der Waals surface area contributed by atoms with E-state index < -0.39 is 0 Å². The average molecular weight is 699 g/mol. The molecule has 0 spiro atoms. The van der Waals surface area contributed by atoms with E-state index in [-0.39, 0.29) is 26.8 Å². The van der Waals surface area contributed by atoms with E-state index in [1.54, 1.807) is 18.2 Å². The number of aryl methyl sites for hydroxylation is 1. The Labute approximate surface area is 246 Å². The Hall–Kier alpha value is -4.53. The van der Waals surface area contributed by atoms with Crippen molar-refractivity contribution in [2.75, 3.05) is 0 Å². The molecule has 5 heteroatoms. The Morgan fingerprint density at radius 1 is 0.650 bits per heavy atom. The second kappa shape index (κ2) is 10.6. The van der Waals surface area contributed by atoms with Crippen LogP contribution < -0.4 is 0 Å². The van der Waals surface area contributed by atoms with Gasteiger partial charge in [-0.15, -0.1) is 35.4 Å². The SMILES string of the molecule is Cc1ccc(-c2[c-]c(-c3cccc4oc(-c5ccccc5O)nc34)ccc2)c2nccc(-c3ccccc3)c12.[Pt]. The number of hydrogen-bond acceptors (Lipinski definition) is 4. The zero-order valence-corrected chi connectivity index (χ0v) is 23.8. The van der Waals surface area contributed by atoms with E-state index in [1.165, 1.54) is 16.7 Å². The van der Waals surface area contributed by atoms with Gasteiger partial charge in [0.05, 0.1) is 11.1 Å². The van der Waals surface area contributed by atoms with Crippen molar-refractivity contribution < 1.29 is 30.6 Å². The summed E-state index contributed by atoms with van der Waals surface area (Å²) in [7, 11) is 0. The molecule has 7 aromatic rings. The van der Waals surface area contributed by atoms with Crippen LogP contribution in [0.3, 0.4) is 0 Å². The predicted octanol–water partition coefficient (Wildman–Crippen LogP) is 8.86. The molecule has 0 aliphatic rings. The van der Waals surface area contributed by atoms with Gasteiger partial charge in [0.25, 0.3) is 0 Å². The maximum Gasteiger partial charge on any atom is 0.230 e. The summed E-state index contributed by atoms with van der Waals surface area (Å²) in [5, 5.41) is 11.5. The normalized spacial score (nSPS) is 11.0. The second-order valence-corrected chi connectivity index (χ2v) is 9.54. The molecule has 0 bridgehead atoms. The minimum absolute atomic E-state index is 0. The molecule has 40 heavy (non-hydrogen) atoms. The summed E-state index contributed by atoms with van der Waals surface area (Å²) >= 11 is 0. The molecule has 0 saturated heterocycles. The molecule has 5 aromatic carbocycles. The van der Waals surface area contributed by atoms with Crippen molar-refractivity contribution in [2.45, 2.75) is 6.92 Å². The maximum absolute atomic E-state index is 10.3. The molecule has 2 aromatic heterocycles. The Morgan fingerprint density at radius 2 is 1.35 bits per heavy atom. The van der Waals surface area contributed by atoms with Gasteiger partial charge in [-0.1, -0.05) is 77.9 Å². The quantitative estimate of drug-likeness (QED) is 0.187. The van der Waals surface area contributed by atoms with E-state index in [1.807, 2.05) is 48.7 Å². The number of phenols is 1. The van der Waals surface area contributed by atoms with Gasteiger partial charge in [0.1, 0.15) is 11.3 Å². The summed E-state index contributed by atoms with van der Waals surface area (Å²) in [5.41, 5.74) is 10.2. The molecular weight excluding hydrogens is 675 g/mol. The molecule has 1 N–H and O–H groups in total. The van der Waals surface area contributed by atoms with Gasteiger partial charge >= 0.3 is 0 Å². The van der Waals surface area contributed by atoms with Crippen molar-refractivity contribution in [1.29, 1.82) is 0 Å². The van der Waals surface area contributed by atoms with Crippen LogP contribution >= 0.6 is 0 Å². The molecule has 0 aliphatic heterocycles. The van der Waals surface area contributed by atoms with Crippen LogP contribution in [0.5, 0.6) is 5.75 Å². The van der Waals surface area contributed by atoms with Crippen LogP contribution in [-0.4, -0.2) is 15.1 Å². The standard InChI is InChI=1S/C35H23N2O2.Pt/c1-22-17-18-28(34-32(22)26(19-20-36-34)23-9-3-2-4-10-23)25-12-7-11-24(21-25)27-14-8-16-31-33(27)37-35(39-31)29-13-5-6-15-30(29)38;/h2-20,38H,1H3;/q-1;. The van der Waals surface area contributed by atoms with Crippen molar-refractivity contribution in [1.82, 2.24) is 9.97 Å².